The molecule has 0 saturated heterocycles. The highest BCUT2D eigenvalue weighted by Gasteiger charge is 2.18. The van der Waals surface area contributed by atoms with Crippen molar-refractivity contribution in [2.75, 3.05) is 26.9 Å². The monoisotopic (exact) mass is 300 g/mol. The number of likely N-dealkylation sites (N-methyl/N-ethyl adjacent to an activating group) is 1. The van der Waals surface area contributed by atoms with Gasteiger partial charge >= 0.3 is 0 Å². The Labute approximate surface area is 124 Å². The zero-order valence-corrected chi connectivity index (χ0v) is 13.4. The Kier molecular flexibility index (Phi) is 6.69. The molecule has 0 aliphatic rings. The number of hydrogen-bond acceptors (Lipinski definition) is 3. The molecule has 106 valence electrons. The van der Waals surface area contributed by atoms with Crippen LogP contribution in [-0.2, 0) is 4.79 Å². The summed E-state index contributed by atoms with van der Waals surface area (Å²) in [7, 11) is 3.99. The number of hydrogen-bond donors (Lipinski definition) is 1. The molecule has 0 aliphatic carbocycles. The lowest BCUT2D eigenvalue weighted by molar-refractivity contribution is -0.121. The van der Waals surface area contributed by atoms with Crippen molar-refractivity contribution in [2.45, 2.75) is 18.2 Å². The van der Waals surface area contributed by atoms with Crippen molar-refractivity contribution in [3.8, 4) is 0 Å². The zero-order chi connectivity index (χ0) is 14.4. The molecule has 1 aromatic rings. The third-order valence-corrected chi connectivity index (χ3v) is 4.03. The van der Waals surface area contributed by atoms with Gasteiger partial charge in [0.05, 0.1) is 11.3 Å². The first kappa shape index (κ1) is 16.3. The van der Waals surface area contributed by atoms with Crippen LogP contribution in [0.1, 0.15) is 18.5 Å². The van der Waals surface area contributed by atoms with Gasteiger partial charge in [0.2, 0.25) is 5.91 Å². The molecule has 1 aromatic carbocycles. The molecule has 2 atom stereocenters. The minimum atomic E-state index is -0.0445. The number of nitrogens with zero attached hydrogens (tertiary/aromatic N) is 1. The lowest BCUT2D eigenvalue weighted by Gasteiger charge is -2.24. The Morgan fingerprint density at radius 1 is 1.37 bits per heavy atom. The largest absolute Gasteiger partial charge is 0.347 e. The molecule has 0 unspecified atom stereocenters. The van der Waals surface area contributed by atoms with E-state index in [0.29, 0.717) is 5.02 Å². The molecule has 1 amide bonds. The van der Waals surface area contributed by atoms with E-state index in [9.17, 15) is 4.79 Å². The van der Waals surface area contributed by atoms with Gasteiger partial charge in [-0.15, -0.1) is 0 Å². The van der Waals surface area contributed by atoms with Gasteiger partial charge in [-0.2, -0.15) is 11.8 Å². The van der Waals surface area contributed by atoms with E-state index in [2.05, 4.69) is 10.2 Å². The molecule has 19 heavy (non-hydrogen) atoms. The molecular weight excluding hydrogens is 280 g/mol. The molecule has 0 spiro atoms. The van der Waals surface area contributed by atoms with Crippen LogP contribution in [0.5, 0.6) is 0 Å². The number of amides is 1. The van der Waals surface area contributed by atoms with Gasteiger partial charge in [0.25, 0.3) is 0 Å². The van der Waals surface area contributed by atoms with E-state index >= 15 is 0 Å². The van der Waals surface area contributed by atoms with Gasteiger partial charge in [0.15, 0.2) is 0 Å². The van der Waals surface area contributed by atoms with Gasteiger partial charge < -0.3 is 10.2 Å². The van der Waals surface area contributed by atoms with E-state index in [-0.39, 0.29) is 17.2 Å². The molecule has 0 radical (unpaired) electrons. The summed E-state index contributed by atoms with van der Waals surface area (Å²) in [5.74, 6) is 0.0642. The molecular formula is C14H21ClN2OS. The Bertz CT molecular complexity index is 408. The van der Waals surface area contributed by atoms with Gasteiger partial charge in [0.1, 0.15) is 0 Å². The van der Waals surface area contributed by atoms with Gasteiger partial charge in [-0.25, -0.2) is 0 Å². The van der Waals surface area contributed by atoms with Crippen LogP contribution >= 0.6 is 23.4 Å². The molecule has 3 nitrogen and oxygen atoms in total. The average molecular weight is 301 g/mol. The predicted octanol–water partition coefficient (Wildman–Crippen LogP) is 2.81. The van der Waals surface area contributed by atoms with Crippen LogP contribution < -0.4 is 5.32 Å². The first-order valence-corrected chi connectivity index (χ1v) is 7.84. The number of thioether (sulfide) groups is 1. The van der Waals surface area contributed by atoms with Crippen molar-refractivity contribution in [1.29, 1.82) is 0 Å². The minimum absolute atomic E-state index is 0.0191. The SMILES string of the molecule is CS[C@@H](C)C(=O)N[C@H](CN(C)C)c1ccc(Cl)cc1. The number of benzene rings is 1. The van der Waals surface area contributed by atoms with Crippen molar-refractivity contribution in [1.82, 2.24) is 10.2 Å². The smallest absolute Gasteiger partial charge is 0.233 e. The molecule has 1 rings (SSSR count). The molecule has 1 N–H and O–H groups in total. The fraction of sp³-hybridized carbons (Fsp3) is 0.500. The van der Waals surface area contributed by atoms with Crippen LogP contribution in [0, 0.1) is 0 Å². The van der Waals surface area contributed by atoms with Crippen LogP contribution in [0.4, 0.5) is 0 Å². The van der Waals surface area contributed by atoms with Gasteiger partial charge in [-0.3, -0.25) is 4.79 Å². The second kappa shape index (κ2) is 7.78. The molecule has 0 aromatic heterocycles. The molecule has 0 aliphatic heterocycles. The van der Waals surface area contributed by atoms with Crippen LogP contribution in [0.15, 0.2) is 24.3 Å². The highest BCUT2D eigenvalue weighted by Crippen LogP contribution is 2.18. The maximum Gasteiger partial charge on any atom is 0.233 e. The minimum Gasteiger partial charge on any atom is -0.347 e. The van der Waals surface area contributed by atoms with Crippen molar-refractivity contribution in [2.24, 2.45) is 0 Å². The summed E-state index contributed by atoms with van der Waals surface area (Å²) in [5, 5.41) is 3.75. The summed E-state index contributed by atoms with van der Waals surface area (Å²) in [4.78, 5) is 14.1. The Balaban J connectivity index is 2.82. The van der Waals surface area contributed by atoms with E-state index < -0.39 is 0 Å². The first-order valence-electron chi connectivity index (χ1n) is 6.17. The predicted molar refractivity (Wildman–Crippen MR) is 83.9 cm³/mol. The lowest BCUT2D eigenvalue weighted by Crippen LogP contribution is -2.38. The lowest BCUT2D eigenvalue weighted by atomic mass is 10.1. The fourth-order valence-corrected chi connectivity index (χ4v) is 2.10. The van der Waals surface area contributed by atoms with Crippen molar-refractivity contribution >= 4 is 29.3 Å². The molecule has 0 saturated carbocycles. The third kappa shape index (κ3) is 5.43. The zero-order valence-electron chi connectivity index (χ0n) is 11.8. The van der Waals surface area contributed by atoms with Crippen LogP contribution in [0.2, 0.25) is 5.02 Å². The molecule has 0 fully saturated rings. The molecule has 5 heteroatoms. The first-order chi connectivity index (χ1) is 8.93. The highest BCUT2D eigenvalue weighted by molar-refractivity contribution is 7.99. The molecule has 0 heterocycles. The number of carbonyl (C=O) groups excluding carboxylic acids is 1. The van der Waals surface area contributed by atoms with Gasteiger partial charge in [0, 0.05) is 11.6 Å². The van der Waals surface area contributed by atoms with Crippen molar-refractivity contribution in [3.05, 3.63) is 34.9 Å². The summed E-state index contributed by atoms with van der Waals surface area (Å²) < 4.78 is 0. The number of nitrogens with one attached hydrogen (secondary N) is 1. The average Bonchev–Trinajstić information content (AvgIpc) is 2.37. The standard InChI is InChI=1S/C14H21ClN2OS/c1-10(19-4)14(18)16-13(9-17(2)3)11-5-7-12(15)8-6-11/h5-8,10,13H,9H2,1-4H3,(H,16,18)/t10-,13+/m0/s1. The molecule has 0 bridgehead atoms. The van der Waals surface area contributed by atoms with Crippen LogP contribution in [-0.4, -0.2) is 43.0 Å². The summed E-state index contributed by atoms with van der Waals surface area (Å²) in [6.45, 7) is 2.67. The Hall–Kier alpha value is -0.710. The number of carbonyl (C=O) groups is 1. The second-order valence-corrected chi connectivity index (χ2v) is 6.37. The quantitative estimate of drug-likeness (QED) is 0.877. The summed E-state index contributed by atoms with van der Waals surface area (Å²) in [6.07, 6.45) is 1.94. The highest BCUT2D eigenvalue weighted by atomic mass is 35.5. The number of halogens is 1. The van der Waals surface area contributed by atoms with Gasteiger partial charge in [-0.1, -0.05) is 23.7 Å². The topological polar surface area (TPSA) is 32.3 Å². The maximum absolute atomic E-state index is 12.0. The van der Waals surface area contributed by atoms with Gasteiger partial charge in [-0.05, 0) is 45.0 Å². The summed E-state index contributed by atoms with van der Waals surface area (Å²) in [5.41, 5.74) is 1.07. The van der Waals surface area contributed by atoms with E-state index in [1.165, 1.54) is 0 Å². The van der Waals surface area contributed by atoms with Crippen molar-refractivity contribution in [3.63, 3.8) is 0 Å². The van der Waals surface area contributed by atoms with E-state index in [1.807, 2.05) is 51.5 Å². The maximum atomic E-state index is 12.0. The van der Waals surface area contributed by atoms with Crippen molar-refractivity contribution < 1.29 is 4.79 Å². The summed E-state index contributed by atoms with van der Waals surface area (Å²) >= 11 is 7.44. The van der Waals surface area contributed by atoms with Crippen LogP contribution in [0.25, 0.3) is 0 Å². The third-order valence-electron chi connectivity index (χ3n) is 2.86. The number of rotatable bonds is 6. The van der Waals surface area contributed by atoms with E-state index in [4.69, 9.17) is 11.6 Å². The van der Waals surface area contributed by atoms with E-state index in [0.717, 1.165) is 12.1 Å². The second-order valence-electron chi connectivity index (χ2n) is 4.75. The normalized spacial score (nSPS) is 14.2. The van der Waals surface area contributed by atoms with E-state index in [1.54, 1.807) is 11.8 Å². The van der Waals surface area contributed by atoms with Crippen LogP contribution in [0.3, 0.4) is 0 Å². The fourth-order valence-electron chi connectivity index (χ4n) is 1.69. The Morgan fingerprint density at radius 2 is 1.95 bits per heavy atom. The Morgan fingerprint density at radius 3 is 2.42 bits per heavy atom. The summed E-state index contributed by atoms with van der Waals surface area (Å²) in [6, 6.07) is 7.60.